The van der Waals surface area contributed by atoms with E-state index >= 15 is 0 Å². The van der Waals surface area contributed by atoms with Crippen molar-refractivity contribution in [1.29, 1.82) is 0 Å². The van der Waals surface area contributed by atoms with Gasteiger partial charge in [0.05, 0.1) is 6.10 Å². The Morgan fingerprint density at radius 1 is 1.04 bits per heavy atom. The monoisotopic (exact) mass is 374 g/mol. The average Bonchev–Trinajstić information content (AvgIpc) is 3.24. The molecule has 154 valence electrons. The summed E-state index contributed by atoms with van der Waals surface area (Å²) in [6.45, 7) is 9.85. The van der Waals surface area contributed by atoms with Gasteiger partial charge in [-0.25, -0.2) is 0 Å². The van der Waals surface area contributed by atoms with Crippen molar-refractivity contribution in [1.82, 2.24) is 5.32 Å². The van der Waals surface area contributed by atoms with Crippen LogP contribution in [0.1, 0.15) is 79.1 Å². The van der Waals surface area contributed by atoms with E-state index in [1.165, 1.54) is 44.9 Å². The number of nitrogens with two attached hydrogens (primary N) is 1. The van der Waals surface area contributed by atoms with Gasteiger partial charge >= 0.3 is 0 Å². The van der Waals surface area contributed by atoms with Gasteiger partial charge in [-0.15, -0.1) is 0 Å². The zero-order valence-electron chi connectivity index (χ0n) is 18.2. The van der Waals surface area contributed by atoms with Crippen molar-refractivity contribution >= 4 is 0 Å². The van der Waals surface area contributed by atoms with Crippen molar-refractivity contribution in [2.45, 2.75) is 97.2 Å². The molecule has 3 heteroatoms. The van der Waals surface area contributed by atoms with E-state index in [-0.39, 0.29) is 16.9 Å². The van der Waals surface area contributed by atoms with Crippen molar-refractivity contribution in [2.24, 2.45) is 51.1 Å². The highest BCUT2D eigenvalue weighted by Gasteiger charge is 2.81. The molecule has 5 saturated carbocycles. The van der Waals surface area contributed by atoms with Crippen LogP contribution in [-0.4, -0.2) is 30.3 Å². The maximum absolute atomic E-state index is 11.2. The van der Waals surface area contributed by atoms with Gasteiger partial charge in [-0.2, -0.15) is 0 Å². The van der Waals surface area contributed by atoms with Crippen LogP contribution in [0.3, 0.4) is 0 Å². The maximum Gasteiger partial charge on any atom is 0.0594 e. The standard InChI is InChI=1S/C24H42N2O/c1-14-16-6-7-19-22(4)12-18(27)20(15(2)26-5)21(22,3)10-11-24(19)13-23(16,24)9-8-17(14)25/h14-20,26-27H,6-13,25H2,1-5H3/t14-,15-,16-,17-,18+,19+,20-,21+,22-,23+,24-/m0/s1. The molecular weight excluding hydrogens is 332 g/mol. The second kappa shape index (κ2) is 5.52. The molecule has 0 bridgehead atoms. The molecule has 2 spiro atoms. The quantitative estimate of drug-likeness (QED) is 0.686. The first-order valence-corrected chi connectivity index (χ1v) is 11.8. The van der Waals surface area contributed by atoms with E-state index < -0.39 is 0 Å². The van der Waals surface area contributed by atoms with Crippen LogP contribution < -0.4 is 11.1 Å². The molecule has 0 saturated heterocycles. The third-order valence-corrected chi connectivity index (χ3v) is 11.8. The first-order valence-electron chi connectivity index (χ1n) is 11.8. The lowest BCUT2D eigenvalue weighted by atomic mass is 9.43. The van der Waals surface area contributed by atoms with Crippen molar-refractivity contribution in [2.75, 3.05) is 7.05 Å². The number of aliphatic hydroxyl groups excluding tert-OH is 1. The van der Waals surface area contributed by atoms with Gasteiger partial charge in [-0.1, -0.05) is 20.8 Å². The summed E-state index contributed by atoms with van der Waals surface area (Å²) in [4.78, 5) is 0. The van der Waals surface area contributed by atoms with Crippen molar-refractivity contribution in [3.8, 4) is 0 Å². The highest BCUT2D eigenvalue weighted by molar-refractivity contribution is 5.30. The molecule has 5 aliphatic rings. The van der Waals surface area contributed by atoms with Crippen LogP contribution in [0.2, 0.25) is 0 Å². The lowest BCUT2D eigenvalue weighted by molar-refractivity contribution is -0.131. The summed E-state index contributed by atoms with van der Waals surface area (Å²) in [6, 6.07) is 0.812. The molecule has 0 aromatic rings. The van der Waals surface area contributed by atoms with E-state index in [1.54, 1.807) is 0 Å². The summed E-state index contributed by atoms with van der Waals surface area (Å²) in [7, 11) is 2.06. The molecule has 4 N–H and O–H groups in total. The molecule has 0 aromatic carbocycles. The van der Waals surface area contributed by atoms with Crippen LogP contribution in [0.15, 0.2) is 0 Å². The molecule has 0 amide bonds. The molecule has 3 nitrogen and oxygen atoms in total. The Morgan fingerprint density at radius 3 is 2.48 bits per heavy atom. The number of nitrogens with one attached hydrogen (secondary N) is 1. The Labute approximate surface area is 166 Å². The summed E-state index contributed by atoms with van der Waals surface area (Å²) in [5.74, 6) is 2.76. The minimum Gasteiger partial charge on any atom is -0.393 e. The van der Waals surface area contributed by atoms with E-state index in [4.69, 9.17) is 5.73 Å². The Bertz CT molecular complexity index is 638. The van der Waals surface area contributed by atoms with Gasteiger partial charge in [0.25, 0.3) is 0 Å². The van der Waals surface area contributed by atoms with Gasteiger partial charge in [-0.05, 0) is 105 Å². The third-order valence-electron chi connectivity index (χ3n) is 11.8. The number of rotatable bonds is 2. The molecule has 5 rings (SSSR count). The van der Waals surface area contributed by atoms with E-state index in [9.17, 15) is 5.11 Å². The lowest BCUT2D eigenvalue weighted by Crippen LogP contribution is -2.57. The molecule has 0 unspecified atom stereocenters. The number of aliphatic hydroxyl groups is 1. The predicted octanol–water partition coefficient (Wildman–Crippen LogP) is 3.94. The van der Waals surface area contributed by atoms with Crippen molar-refractivity contribution in [3.05, 3.63) is 0 Å². The second-order valence-electron chi connectivity index (χ2n) is 12.0. The van der Waals surface area contributed by atoms with Crippen molar-refractivity contribution in [3.63, 3.8) is 0 Å². The highest BCUT2D eigenvalue weighted by Crippen LogP contribution is 2.87. The van der Waals surface area contributed by atoms with E-state index in [0.717, 1.165) is 18.3 Å². The third kappa shape index (κ3) is 1.96. The smallest absolute Gasteiger partial charge is 0.0594 e. The number of fused-ring (bicyclic) bond motifs is 2. The normalized spacial score (nSPS) is 62.8. The average molecular weight is 375 g/mol. The zero-order valence-corrected chi connectivity index (χ0v) is 18.2. The van der Waals surface area contributed by atoms with Gasteiger partial charge in [0.2, 0.25) is 0 Å². The lowest BCUT2D eigenvalue weighted by Gasteiger charge is -2.62. The van der Waals surface area contributed by atoms with Crippen LogP contribution >= 0.6 is 0 Å². The number of hydrogen-bond donors (Lipinski definition) is 3. The molecule has 0 heterocycles. The van der Waals surface area contributed by atoms with E-state index in [2.05, 4.69) is 40.1 Å². The maximum atomic E-state index is 11.2. The first-order chi connectivity index (χ1) is 12.7. The Morgan fingerprint density at radius 2 is 1.78 bits per heavy atom. The van der Waals surface area contributed by atoms with Crippen LogP contribution in [-0.2, 0) is 0 Å². The summed E-state index contributed by atoms with van der Waals surface area (Å²) >= 11 is 0. The highest BCUT2D eigenvalue weighted by atomic mass is 16.3. The first kappa shape index (κ1) is 18.9. The fourth-order valence-electron chi connectivity index (χ4n) is 10.2. The summed E-state index contributed by atoms with van der Waals surface area (Å²) in [5.41, 5.74) is 8.24. The minimum absolute atomic E-state index is 0.149. The number of hydrogen-bond acceptors (Lipinski definition) is 3. The molecular formula is C24H42N2O. The molecule has 5 fully saturated rings. The predicted molar refractivity (Wildman–Crippen MR) is 110 cm³/mol. The minimum atomic E-state index is -0.149. The van der Waals surface area contributed by atoms with Crippen LogP contribution in [0, 0.1) is 45.3 Å². The van der Waals surface area contributed by atoms with Crippen LogP contribution in [0.25, 0.3) is 0 Å². The topological polar surface area (TPSA) is 58.3 Å². The Balaban J connectivity index is 1.52. The molecule has 11 atom stereocenters. The fourth-order valence-corrected chi connectivity index (χ4v) is 10.2. The van der Waals surface area contributed by atoms with E-state index in [0.29, 0.717) is 34.7 Å². The van der Waals surface area contributed by atoms with E-state index in [1.807, 2.05) is 0 Å². The van der Waals surface area contributed by atoms with Gasteiger partial charge in [0, 0.05) is 18.0 Å². The Hall–Kier alpha value is -0.120. The molecule has 27 heavy (non-hydrogen) atoms. The SMILES string of the molecule is CN[C@@H](C)[C@H]1[C@H](O)C[C@@]2(C)[C@H]3CC[C@H]4[C@H](C)[C@@H](N)CC[C@@]45C[C@@]35CC[C@]12C. The van der Waals surface area contributed by atoms with Gasteiger partial charge < -0.3 is 16.2 Å². The molecule has 0 aromatic heterocycles. The van der Waals surface area contributed by atoms with Gasteiger partial charge in [0.1, 0.15) is 0 Å². The zero-order chi connectivity index (χ0) is 19.4. The van der Waals surface area contributed by atoms with Gasteiger partial charge in [-0.3, -0.25) is 0 Å². The van der Waals surface area contributed by atoms with Crippen LogP contribution in [0.4, 0.5) is 0 Å². The molecule has 5 aliphatic carbocycles. The second-order valence-corrected chi connectivity index (χ2v) is 12.0. The van der Waals surface area contributed by atoms with Crippen molar-refractivity contribution < 1.29 is 5.11 Å². The largest absolute Gasteiger partial charge is 0.393 e. The summed E-state index contributed by atoms with van der Waals surface area (Å²) < 4.78 is 0. The van der Waals surface area contributed by atoms with Gasteiger partial charge in [0.15, 0.2) is 0 Å². The fraction of sp³-hybridized carbons (Fsp3) is 1.00. The van der Waals surface area contributed by atoms with Crippen LogP contribution in [0.5, 0.6) is 0 Å². The summed E-state index contributed by atoms with van der Waals surface area (Å²) in [5, 5.41) is 14.7. The molecule has 0 radical (unpaired) electrons. The molecule has 0 aliphatic heterocycles. The summed E-state index contributed by atoms with van der Waals surface area (Å²) in [6.07, 6.45) is 10.4. The Kier molecular flexibility index (Phi) is 3.86.